The number of nitrogens with one attached hydrogen (secondary N) is 2. The van der Waals surface area contributed by atoms with Crippen LogP contribution in [0.2, 0.25) is 0 Å². The fraction of sp³-hybridized carbons (Fsp3) is 0.667. The van der Waals surface area contributed by atoms with Gasteiger partial charge in [-0.1, -0.05) is 13.3 Å². The number of aromatic nitrogens is 2. The molecule has 5 heteroatoms. The Morgan fingerprint density at radius 3 is 3.29 bits per heavy atom. The molecule has 0 radical (unpaired) electrons. The van der Waals surface area contributed by atoms with Gasteiger partial charge in [0.15, 0.2) is 0 Å². The van der Waals surface area contributed by atoms with Crippen molar-refractivity contribution in [2.75, 3.05) is 19.6 Å². The van der Waals surface area contributed by atoms with E-state index < -0.39 is 0 Å². The van der Waals surface area contributed by atoms with Gasteiger partial charge in [-0.15, -0.1) is 0 Å². The van der Waals surface area contributed by atoms with Gasteiger partial charge in [0, 0.05) is 37.4 Å². The molecule has 1 aromatic heterocycles. The molecule has 0 spiro atoms. The van der Waals surface area contributed by atoms with Gasteiger partial charge in [0.05, 0.1) is 0 Å². The third-order valence-electron chi connectivity index (χ3n) is 3.24. The maximum absolute atomic E-state index is 11.8. The zero-order valence-electron chi connectivity index (χ0n) is 10.3. The highest BCUT2D eigenvalue weighted by Gasteiger charge is 2.27. The number of H-pyrrole nitrogens is 1. The van der Waals surface area contributed by atoms with E-state index in [4.69, 9.17) is 0 Å². The topological polar surface area (TPSA) is 61.0 Å². The number of carbonyl (C=O) groups is 1. The monoisotopic (exact) mass is 236 g/mol. The first-order valence-electron chi connectivity index (χ1n) is 6.33. The van der Waals surface area contributed by atoms with Crippen LogP contribution in [0.1, 0.15) is 37.8 Å². The van der Waals surface area contributed by atoms with E-state index in [2.05, 4.69) is 22.4 Å². The van der Waals surface area contributed by atoms with E-state index in [1.807, 2.05) is 11.0 Å². The summed E-state index contributed by atoms with van der Waals surface area (Å²) >= 11 is 0. The van der Waals surface area contributed by atoms with Crippen molar-refractivity contribution >= 4 is 6.03 Å². The van der Waals surface area contributed by atoms with Crippen LogP contribution in [0.15, 0.2) is 12.3 Å². The lowest BCUT2D eigenvalue weighted by molar-refractivity contribution is 0.208. The summed E-state index contributed by atoms with van der Waals surface area (Å²) in [6, 6.07) is 2.06. The van der Waals surface area contributed by atoms with Crippen molar-refractivity contribution in [1.29, 1.82) is 0 Å². The summed E-state index contributed by atoms with van der Waals surface area (Å²) in [4.78, 5) is 13.7. The summed E-state index contributed by atoms with van der Waals surface area (Å²) in [6.07, 6.45) is 4.93. The minimum absolute atomic E-state index is 0.0699. The molecule has 1 atom stereocenters. The molecular formula is C12H20N4O. The number of aromatic amines is 1. The van der Waals surface area contributed by atoms with E-state index in [0.717, 1.165) is 44.6 Å². The highest BCUT2D eigenvalue weighted by Crippen LogP contribution is 2.25. The van der Waals surface area contributed by atoms with Crippen molar-refractivity contribution in [2.45, 2.75) is 32.1 Å². The van der Waals surface area contributed by atoms with Gasteiger partial charge in [0.1, 0.15) is 0 Å². The summed E-state index contributed by atoms with van der Waals surface area (Å²) in [6.45, 7) is 4.53. The van der Waals surface area contributed by atoms with Crippen molar-refractivity contribution in [3.8, 4) is 0 Å². The van der Waals surface area contributed by atoms with Crippen LogP contribution in [0.4, 0.5) is 4.79 Å². The lowest BCUT2D eigenvalue weighted by Crippen LogP contribution is -2.38. The number of urea groups is 1. The molecule has 1 fully saturated rings. The molecule has 1 aliphatic heterocycles. The van der Waals surface area contributed by atoms with Crippen LogP contribution in [0, 0.1) is 0 Å². The summed E-state index contributed by atoms with van der Waals surface area (Å²) in [7, 11) is 0. The van der Waals surface area contributed by atoms with E-state index in [1.54, 1.807) is 6.20 Å². The summed E-state index contributed by atoms with van der Waals surface area (Å²) in [5.74, 6) is 0.412. The van der Waals surface area contributed by atoms with Crippen molar-refractivity contribution in [1.82, 2.24) is 20.4 Å². The van der Waals surface area contributed by atoms with Crippen LogP contribution in [0.3, 0.4) is 0 Å². The predicted octanol–water partition coefficient (Wildman–Crippen LogP) is 1.71. The Kier molecular flexibility index (Phi) is 4.01. The Bertz CT molecular complexity index is 349. The second-order valence-corrected chi connectivity index (χ2v) is 4.53. The SMILES string of the molecule is CCCCNC(=O)N1CC[C@H](c2ccn[nH]2)C1. The fourth-order valence-electron chi connectivity index (χ4n) is 2.18. The number of unbranched alkanes of at least 4 members (excludes halogenated alkanes) is 1. The van der Waals surface area contributed by atoms with Crippen molar-refractivity contribution in [3.63, 3.8) is 0 Å². The molecule has 1 aromatic rings. The molecule has 94 valence electrons. The Hall–Kier alpha value is -1.52. The van der Waals surface area contributed by atoms with Gasteiger partial charge >= 0.3 is 6.03 Å². The van der Waals surface area contributed by atoms with E-state index in [0.29, 0.717) is 5.92 Å². The largest absolute Gasteiger partial charge is 0.338 e. The fourth-order valence-corrected chi connectivity index (χ4v) is 2.18. The molecule has 0 unspecified atom stereocenters. The first kappa shape index (κ1) is 12.0. The number of amides is 2. The smallest absolute Gasteiger partial charge is 0.317 e. The van der Waals surface area contributed by atoms with E-state index in [9.17, 15) is 4.79 Å². The number of carbonyl (C=O) groups excluding carboxylic acids is 1. The number of likely N-dealkylation sites (tertiary alicyclic amines) is 1. The molecule has 0 aromatic carbocycles. The first-order valence-corrected chi connectivity index (χ1v) is 6.33. The zero-order valence-corrected chi connectivity index (χ0v) is 10.3. The van der Waals surface area contributed by atoms with Gasteiger partial charge in [0.25, 0.3) is 0 Å². The zero-order chi connectivity index (χ0) is 12.1. The number of hydrogen-bond donors (Lipinski definition) is 2. The predicted molar refractivity (Wildman–Crippen MR) is 65.8 cm³/mol. The van der Waals surface area contributed by atoms with Crippen LogP contribution in [-0.4, -0.2) is 40.8 Å². The highest BCUT2D eigenvalue weighted by molar-refractivity contribution is 5.74. The van der Waals surface area contributed by atoms with Gasteiger partial charge in [-0.2, -0.15) is 5.10 Å². The Balaban J connectivity index is 1.79. The summed E-state index contributed by atoms with van der Waals surface area (Å²) < 4.78 is 0. The molecule has 2 heterocycles. The normalized spacial score (nSPS) is 19.6. The standard InChI is InChI=1S/C12H20N4O/c1-2-3-6-13-12(17)16-8-5-10(9-16)11-4-7-14-15-11/h4,7,10H,2-3,5-6,8-9H2,1H3,(H,13,17)(H,14,15)/t10-/m0/s1. The average Bonchev–Trinajstić information content (AvgIpc) is 3.00. The Labute approximate surface area is 102 Å². The molecule has 0 saturated carbocycles. The molecule has 5 nitrogen and oxygen atoms in total. The third kappa shape index (κ3) is 2.99. The van der Waals surface area contributed by atoms with Crippen molar-refractivity contribution < 1.29 is 4.79 Å². The molecular weight excluding hydrogens is 216 g/mol. The molecule has 0 aliphatic carbocycles. The van der Waals surface area contributed by atoms with E-state index in [1.165, 1.54) is 0 Å². The molecule has 17 heavy (non-hydrogen) atoms. The third-order valence-corrected chi connectivity index (χ3v) is 3.24. The van der Waals surface area contributed by atoms with Crippen molar-refractivity contribution in [3.05, 3.63) is 18.0 Å². The molecule has 2 rings (SSSR count). The van der Waals surface area contributed by atoms with Gasteiger partial charge in [0.2, 0.25) is 0 Å². The maximum Gasteiger partial charge on any atom is 0.317 e. The summed E-state index contributed by atoms with van der Waals surface area (Å²) in [5, 5.41) is 9.89. The maximum atomic E-state index is 11.8. The van der Waals surface area contributed by atoms with Crippen molar-refractivity contribution in [2.24, 2.45) is 0 Å². The minimum atomic E-state index is 0.0699. The lowest BCUT2D eigenvalue weighted by atomic mass is 10.1. The number of rotatable bonds is 4. The van der Waals surface area contributed by atoms with Crippen LogP contribution in [0.5, 0.6) is 0 Å². The number of hydrogen-bond acceptors (Lipinski definition) is 2. The molecule has 0 bridgehead atoms. The van der Waals surface area contributed by atoms with Crippen LogP contribution >= 0.6 is 0 Å². The lowest BCUT2D eigenvalue weighted by Gasteiger charge is -2.16. The van der Waals surface area contributed by atoms with Gasteiger partial charge < -0.3 is 10.2 Å². The number of nitrogens with zero attached hydrogens (tertiary/aromatic N) is 2. The van der Waals surface area contributed by atoms with E-state index in [-0.39, 0.29) is 6.03 Å². The van der Waals surface area contributed by atoms with Gasteiger partial charge in [-0.05, 0) is 18.9 Å². The highest BCUT2D eigenvalue weighted by atomic mass is 16.2. The Morgan fingerprint density at radius 1 is 1.71 bits per heavy atom. The van der Waals surface area contributed by atoms with E-state index >= 15 is 0 Å². The summed E-state index contributed by atoms with van der Waals surface area (Å²) in [5.41, 5.74) is 1.13. The Morgan fingerprint density at radius 2 is 2.59 bits per heavy atom. The first-order chi connectivity index (χ1) is 8.31. The second kappa shape index (κ2) is 5.70. The quantitative estimate of drug-likeness (QED) is 0.782. The minimum Gasteiger partial charge on any atom is -0.338 e. The van der Waals surface area contributed by atoms with Crippen LogP contribution < -0.4 is 5.32 Å². The average molecular weight is 236 g/mol. The van der Waals surface area contributed by atoms with Gasteiger partial charge in [-0.25, -0.2) is 4.79 Å². The molecule has 2 N–H and O–H groups in total. The van der Waals surface area contributed by atoms with Crippen LogP contribution in [0.25, 0.3) is 0 Å². The van der Waals surface area contributed by atoms with Gasteiger partial charge in [-0.3, -0.25) is 5.10 Å². The molecule has 1 aliphatic rings. The van der Waals surface area contributed by atoms with Crippen LogP contribution in [-0.2, 0) is 0 Å². The molecule has 2 amide bonds. The second-order valence-electron chi connectivity index (χ2n) is 4.53. The molecule has 1 saturated heterocycles.